The number of oxazole rings is 1. The van der Waals surface area contributed by atoms with Gasteiger partial charge in [-0.2, -0.15) is 13.2 Å². The van der Waals surface area contributed by atoms with Crippen LogP contribution in [0.15, 0.2) is 53.1 Å². The van der Waals surface area contributed by atoms with E-state index in [0.717, 1.165) is 12.1 Å². The fourth-order valence-electron chi connectivity index (χ4n) is 2.88. The van der Waals surface area contributed by atoms with Gasteiger partial charge in [-0.15, -0.1) is 0 Å². The molecule has 0 saturated heterocycles. The highest BCUT2D eigenvalue weighted by Crippen LogP contribution is 2.33. The van der Waals surface area contributed by atoms with Crippen molar-refractivity contribution in [2.45, 2.75) is 19.1 Å². The largest absolute Gasteiger partial charge is 0.493 e. The molecule has 0 aliphatic carbocycles. The van der Waals surface area contributed by atoms with Crippen molar-refractivity contribution < 1.29 is 37.0 Å². The highest BCUT2D eigenvalue weighted by atomic mass is 19.4. The standard InChI is InChI=1S/C22H21F3N2O5/c1-30-18-8-7-14(11-19(18)31-10-4-9-28)21-27-15(13-32-21)12-26-20(29)16-5-2-3-6-17(16)22(23,24)25/h2-3,5-8,11,13,28H,4,9-10,12H2,1H3,(H,26,29). The van der Waals surface area contributed by atoms with Gasteiger partial charge in [-0.25, -0.2) is 4.98 Å². The maximum Gasteiger partial charge on any atom is 0.417 e. The summed E-state index contributed by atoms with van der Waals surface area (Å²) in [6, 6.07) is 9.58. The lowest BCUT2D eigenvalue weighted by Gasteiger charge is -2.12. The molecular weight excluding hydrogens is 429 g/mol. The molecule has 3 rings (SSSR count). The predicted molar refractivity (Wildman–Crippen MR) is 108 cm³/mol. The van der Waals surface area contributed by atoms with Crippen molar-refractivity contribution in [1.29, 1.82) is 0 Å². The van der Waals surface area contributed by atoms with Crippen molar-refractivity contribution in [3.63, 3.8) is 0 Å². The Hall–Kier alpha value is -3.53. The Labute approximate surface area is 181 Å². The van der Waals surface area contributed by atoms with Crippen molar-refractivity contribution in [3.05, 3.63) is 65.5 Å². The van der Waals surface area contributed by atoms with Gasteiger partial charge in [0.25, 0.3) is 5.91 Å². The summed E-state index contributed by atoms with van der Waals surface area (Å²) in [5.74, 6) is 0.301. The number of halogens is 3. The third kappa shape index (κ3) is 5.58. The van der Waals surface area contributed by atoms with Crippen molar-refractivity contribution in [3.8, 4) is 23.0 Å². The highest BCUT2D eigenvalue weighted by molar-refractivity contribution is 5.95. The molecule has 7 nitrogen and oxygen atoms in total. The van der Waals surface area contributed by atoms with E-state index < -0.39 is 23.2 Å². The van der Waals surface area contributed by atoms with Crippen LogP contribution in [0.3, 0.4) is 0 Å². The summed E-state index contributed by atoms with van der Waals surface area (Å²) in [5, 5.41) is 11.3. The van der Waals surface area contributed by atoms with Crippen molar-refractivity contribution >= 4 is 5.91 Å². The predicted octanol–water partition coefficient (Wildman–Crippen LogP) is 4.06. The summed E-state index contributed by atoms with van der Waals surface area (Å²) in [6.45, 7) is 0.160. The van der Waals surface area contributed by atoms with Crippen LogP contribution in [0.2, 0.25) is 0 Å². The molecule has 2 N–H and O–H groups in total. The second-order valence-corrected chi connectivity index (χ2v) is 6.66. The van der Waals surface area contributed by atoms with E-state index in [0.29, 0.717) is 35.8 Å². The minimum atomic E-state index is -4.64. The zero-order valence-electron chi connectivity index (χ0n) is 17.1. The first-order valence-corrected chi connectivity index (χ1v) is 9.64. The number of aromatic nitrogens is 1. The number of ether oxygens (including phenoxy) is 2. The van der Waals surface area contributed by atoms with Crippen LogP contribution in [0.5, 0.6) is 11.5 Å². The number of nitrogens with zero attached hydrogens (tertiary/aromatic N) is 1. The maximum absolute atomic E-state index is 13.1. The normalized spacial score (nSPS) is 11.3. The first-order chi connectivity index (χ1) is 15.3. The van der Waals surface area contributed by atoms with Gasteiger partial charge < -0.3 is 24.3 Å². The first kappa shape index (κ1) is 23.1. The van der Waals surface area contributed by atoms with E-state index in [1.165, 1.54) is 25.5 Å². The third-order valence-electron chi connectivity index (χ3n) is 4.43. The lowest BCUT2D eigenvalue weighted by atomic mass is 10.1. The number of hydrogen-bond acceptors (Lipinski definition) is 6. The van der Waals surface area contributed by atoms with Gasteiger partial charge in [0.15, 0.2) is 11.5 Å². The lowest BCUT2D eigenvalue weighted by molar-refractivity contribution is -0.137. The molecule has 1 amide bonds. The molecule has 0 atom stereocenters. The number of aliphatic hydroxyl groups excluding tert-OH is 1. The topological polar surface area (TPSA) is 93.8 Å². The van der Waals surface area contributed by atoms with Crippen molar-refractivity contribution in [2.75, 3.05) is 20.3 Å². The quantitative estimate of drug-likeness (QED) is 0.478. The Bertz CT molecular complexity index is 1070. The van der Waals surface area contributed by atoms with Gasteiger partial charge in [-0.1, -0.05) is 12.1 Å². The Balaban J connectivity index is 1.71. The molecule has 0 unspecified atom stereocenters. The number of carbonyl (C=O) groups excluding carboxylic acids is 1. The number of benzene rings is 2. The monoisotopic (exact) mass is 450 g/mol. The highest BCUT2D eigenvalue weighted by Gasteiger charge is 2.34. The van der Waals surface area contributed by atoms with Crippen LogP contribution in [-0.4, -0.2) is 36.3 Å². The molecular formula is C22H21F3N2O5. The number of alkyl halides is 3. The summed E-state index contributed by atoms with van der Waals surface area (Å²) < 4.78 is 55.6. The fourth-order valence-corrected chi connectivity index (χ4v) is 2.88. The van der Waals surface area contributed by atoms with E-state index in [1.54, 1.807) is 18.2 Å². The minimum Gasteiger partial charge on any atom is -0.493 e. The van der Waals surface area contributed by atoms with E-state index in [9.17, 15) is 18.0 Å². The zero-order chi connectivity index (χ0) is 23.1. The Morgan fingerprint density at radius 3 is 2.69 bits per heavy atom. The van der Waals surface area contributed by atoms with Gasteiger partial charge in [0.2, 0.25) is 5.89 Å². The zero-order valence-corrected chi connectivity index (χ0v) is 17.1. The van der Waals surface area contributed by atoms with E-state index in [2.05, 4.69) is 10.3 Å². The van der Waals surface area contributed by atoms with Gasteiger partial charge in [0.1, 0.15) is 6.26 Å². The molecule has 0 radical (unpaired) electrons. The molecule has 0 bridgehead atoms. The average Bonchev–Trinajstić information content (AvgIpc) is 3.26. The van der Waals surface area contributed by atoms with Gasteiger partial charge in [0, 0.05) is 18.6 Å². The summed E-state index contributed by atoms with van der Waals surface area (Å²) in [6.07, 6.45) is -2.88. The minimum absolute atomic E-state index is 0.00965. The summed E-state index contributed by atoms with van der Waals surface area (Å²) >= 11 is 0. The smallest absolute Gasteiger partial charge is 0.417 e. The second-order valence-electron chi connectivity index (χ2n) is 6.66. The number of rotatable bonds is 9. The number of aliphatic hydroxyl groups is 1. The van der Waals surface area contributed by atoms with E-state index >= 15 is 0 Å². The molecule has 10 heteroatoms. The molecule has 0 fully saturated rings. The number of hydrogen-bond donors (Lipinski definition) is 2. The van der Waals surface area contributed by atoms with Crippen LogP contribution in [0.1, 0.15) is 28.0 Å². The third-order valence-corrected chi connectivity index (χ3v) is 4.43. The SMILES string of the molecule is COc1ccc(-c2nc(CNC(=O)c3ccccc3C(F)(F)F)co2)cc1OCCCO. The Morgan fingerprint density at radius 2 is 1.97 bits per heavy atom. The van der Waals surface area contributed by atoms with Crippen LogP contribution < -0.4 is 14.8 Å². The van der Waals surface area contributed by atoms with Crippen LogP contribution in [-0.2, 0) is 12.7 Å². The van der Waals surface area contributed by atoms with Gasteiger partial charge in [0.05, 0.1) is 37.1 Å². The average molecular weight is 450 g/mol. The molecule has 3 aromatic rings. The van der Waals surface area contributed by atoms with Gasteiger partial charge >= 0.3 is 6.18 Å². The van der Waals surface area contributed by atoms with E-state index in [4.69, 9.17) is 19.0 Å². The number of amides is 1. The molecule has 0 aliphatic rings. The maximum atomic E-state index is 13.1. The van der Waals surface area contributed by atoms with Crippen molar-refractivity contribution in [1.82, 2.24) is 10.3 Å². The van der Waals surface area contributed by atoms with E-state index in [-0.39, 0.29) is 19.0 Å². The molecule has 1 heterocycles. The summed E-state index contributed by atoms with van der Waals surface area (Å²) in [7, 11) is 1.50. The fraction of sp³-hybridized carbons (Fsp3) is 0.273. The van der Waals surface area contributed by atoms with Crippen LogP contribution in [0.25, 0.3) is 11.5 Å². The Kier molecular flexibility index (Phi) is 7.37. The van der Waals surface area contributed by atoms with Crippen molar-refractivity contribution in [2.24, 2.45) is 0 Å². The van der Waals surface area contributed by atoms with E-state index in [1.807, 2.05) is 0 Å². The van der Waals surface area contributed by atoms with Crippen LogP contribution in [0, 0.1) is 0 Å². The lowest BCUT2D eigenvalue weighted by Crippen LogP contribution is -2.26. The van der Waals surface area contributed by atoms with Crippen LogP contribution >= 0.6 is 0 Å². The molecule has 0 saturated carbocycles. The molecule has 170 valence electrons. The second kappa shape index (κ2) is 10.2. The molecule has 0 aliphatic heterocycles. The molecule has 2 aromatic carbocycles. The summed E-state index contributed by atoms with van der Waals surface area (Å²) in [4.78, 5) is 16.6. The van der Waals surface area contributed by atoms with Gasteiger partial charge in [-0.3, -0.25) is 4.79 Å². The Morgan fingerprint density at radius 1 is 1.19 bits per heavy atom. The summed E-state index contributed by atoms with van der Waals surface area (Å²) in [5.41, 5.74) is -0.574. The number of methoxy groups -OCH3 is 1. The first-order valence-electron chi connectivity index (χ1n) is 9.64. The van der Waals surface area contributed by atoms with Gasteiger partial charge in [-0.05, 0) is 30.3 Å². The molecule has 1 aromatic heterocycles. The molecule has 32 heavy (non-hydrogen) atoms. The van der Waals surface area contributed by atoms with Crippen LogP contribution in [0.4, 0.5) is 13.2 Å². The number of carbonyl (C=O) groups is 1. The number of nitrogens with one attached hydrogen (secondary N) is 1. The molecule has 0 spiro atoms.